The minimum absolute atomic E-state index is 0.0627. The highest BCUT2D eigenvalue weighted by molar-refractivity contribution is 7.89. The van der Waals surface area contributed by atoms with Crippen molar-refractivity contribution in [2.45, 2.75) is 43.9 Å². The Bertz CT molecular complexity index is 1170. The molecule has 2 fully saturated rings. The quantitative estimate of drug-likeness (QED) is 0.489. The molecule has 0 saturated carbocycles. The maximum atomic E-state index is 13.0. The lowest BCUT2D eigenvalue weighted by molar-refractivity contribution is -0.384. The highest BCUT2D eigenvalue weighted by Crippen LogP contribution is 2.32. The number of benzene rings is 2. The first-order valence-electron chi connectivity index (χ1n) is 11.7. The van der Waals surface area contributed by atoms with E-state index >= 15 is 0 Å². The lowest BCUT2D eigenvalue weighted by Gasteiger charge is -2.32. The SMILES string of the molecule is Cc1ccc(S(=O)(=O)N2CCCCC2)cc1NC(=O)C1CCN(c2ccccc2[N+](=O)[O-])CC1. The predicted octanol–water partition coefficient (Wildman–Crippen LogP) is 3.93. The molecule has 4 rings (SSSR count). The number of hydrogen-bond donors (Lipinski definition) is 1. The molecule has 0 bridgehead atoms. The number of rotatable bonds is 6. The van der Waals surface area contributed by atoms with Crippen molar-refractivity contribution in [2.24, 2.45) is 5.92 Å². The molecule has 2 aliphatic rings. The topological polar surface area (TPSA) is 113 Å². The number of hydrogen-bond acceptors (Lipinski definition) is 6. The second kappa shape index (κ2) is 10.1. The van der Waals surface area contributed by atoms with Gasteiger partial charge < -0.3 is 10.2 Å². The molecule has 0 aliphatic carbocycles. The Morgan fingerprint density at radius 2 is 1.71 bits per heavy atom. The zero-order chi connectivity index (χ0) is 24.3. The Hall–Kier alpha value is -2.98. The van der Waals surface area contributed by atoms with Crippen LogP contribution in [0.15, 0.2) is 47.4 Å². The number of anilines is 2. The second-order valence-corrected chi connectivity index (χ2v) is 10.9. The van der Waals surface area contributed by atoms with E-state index in [1.54, 1.807) is 36.4 Å². The van der Waals surface area contributed by atoms with Crippen LogP contribution in [-0.2, 0) is 14.8 Å². The number of nitrogens with zero attached hydrogens (tertiary/aromatic N) is 3. The molecule has 0 unspecified atom stereocenters. The summed E-state index contributed by atoms with van der Waals surface area (Å²) in [5.74, 6) is -0.404. The maximum Gasteiger partial charge on any atom is 0.292 e. The molecule has 0 radical (unpaired) electrons. The van der Waals surface area contributed by atoms with Crippen molar-refractivity contribution in [1.82, 2.24) is 4.31 Å². The van der Waals surface area contributed by atoms with Crippen LogP contribution in [0.25, 0.3) is 0 Å². The van der Waals surface area contributed by atoms with Crippen LogP contribution in [0.4, 0.5) is 17.1 Å². The molecule has 2 aromatic rings. The summed E-state index contributed by atoms with van der Waals surface area (Å²) >= 11 is 0. The molecule has 0 spiro atoms. The van der Waals surface area contributed by atoms with Crippen LogP contribution in [0.5, 0.6) is 0 Å². The summed E-state index contributed by atoms with van der Waals surface area (Å²) in [5.41, 5.74) is 1.93. The van der Waals surface area contributed by atoms with E-state index < -0.39 is 10.0 Å². The molecule has 182 valence electrons. The lowest BCUT2D eigenvalue weighted by atomic mass is 9.95. The van der Waals surface area contributed by atoms with Gasteiger partial charge in [0.1, 0.15) is 5.69 Å². The molecule has 2 aliphatic heterocycles. The van der Waals surface area contributed by atoms with Crippen molar-refractivity contribution in [3.8, 4) is 0 Å². The van der Waals surface area contributed by atoms with Gasteiger partial charge in [0.2, 0.25) is 15.9 Å². The third-order valence-corrected chi connectivity index (χ3v) is 8.60. The Morgan fingerprint density at radius 3 is 2.38 bits per heavy atom. The number of sulfonamides is 1. The van der Waals surface area contributed by atoms with Gasteiger partial charge in [-0.1, -0.05) is 24.6 Å². The molecule has 34 heavy (non-hydrogen) atoms. The molecular formula is C24H30N4O5S. The number of nitro benzene ring substituents is 1. The summed E-state index contributed by atoms with van der Waals surface area (Å²) in [4.78, 5) is 26.1. The van der Waals surface area contributed by atoms with E-state index in [-0.39, 0.29) is 27.3 Å². The summed E-state index contributed by atoms with van der Waals surface area (Å²) in [6, 6.07) is 11.5. The highest BCUT2D eigenvalue weighted by atomic mass is 32.2. The Morgan fingerprint density at radius 1 is 1.03 bits per heavy atom. The van der Waals surface area contributed by atoms with Gasteiger partial charge in [0.25, 0.3) is 5.69 Å². The van der Waals surface area contributed by atoms with Crippen molar-refractivity contribution in [3.63, 3.8) is 0 Å². The average molecular weight is 487 g/mol. The van der Waals surface area contributed by atoms with E-state index in [1.165, 1.54) is 10.4 Å². The van der Waals surface area contributed by atoms with Crippen LogP contribution in [0.2, 0.25) is 0 Å². The standard InChI is InChI=1S/C24H30N4O5S/c1-18-9-10-20(34(32,33)27-13-5-2-6-14-27)17-21(18)25-24(29)19-11-15-26(16-12-19)22-7-3-4-8-23(22)28(30)31/h3-4,7-10,17,19H,2,5-6,11-16H2,1H3,(H,25,29). The number of carbonyl (C=O) groups excluding carboxylic acids is 1. The normalized spacial score (nSPS) is 18.0. The number of aryl methyl sites for hydroxylation is 1. The fraction of sp³-hybridized carbons (Fsp3) is 0.458. The monoisotopic (exact) mass is 486 g/mol. The Balaban J connectivity index is 1.43. The molecule has 1 N–H and O–H groups in total. The lowest BCUT2D eigenvalue weighted by Crippen LogP contribution is -2.38. The molecule has 9 nitrogen and oxygen atoms in total. The fourth-order valence-electron chi connectivity index (χ4n) is 4.65. The largest absolute Gasteiger partial charge is 0.366 e. The van der Waals surface area contributed by atoms with Gasteiger partial charge in [-0.15, -0.1) is 0 Å². The predicted molar refractivity (Wildman–Crippen MR) is 130 cm³/mol. The summed E-state index contributed by atoms with van der Waals surface area (Å²) in [7, 11) is -3.59. The molecular weight excluding hydrogens is 456 g/mol. The van der Waals surface area contributed by atoms with Crippen molar-refractivity contribution in [3.05, 3.63) is 58.1 Å². The van der Waals surface area contributed by atoms with E-state index in [1.807, 2.05) is 11.8 Å². The van der Waals surface area contributed by atoms with Gasteiger partial charge in [-0.05, 0) is 56.4 Å². The van der Waals surface area contributed by atoms with Gasteiger partial charge in [0.05, 0.1) is 9.82 Å². The molecule has 1 amide bonds. The van der Waals surface area contributed by atoms with E-state index in [4.69, 9.17) is 0 Å². The van der Waals surface area contributed by atoms with Crippen LogP contribution >= 0.6 is 0 Å². The first-order chi connectivity index (χ1) is 16.3. The smallest absolute Gasteiger partial charge is 0.292 e. The minimum atomic E-state index is -3.59. The van der Waals surface area contributed by atoms with E-state index in [0.29, 0.717) is 50.4 Å². The zero-order valence-corrected chi connectivity index (χ0v) is 20.1. The highest BCUT2D eigenvalue weighted by Gasteiger charge is 2.30. The molecule has 10 heteroatoms. The molecule has 0 atom stereocenters. The van der Waals surface area contributed by atoms with Crippen molar-refractivity contribution < 1.29 is 18.1 Å². The third-order valence-electron chi connectivity index (χ3n) is 6.70. The molecule has 0 aromatic heterocycles. The third kappa shape index (κ3) is 5.07. The average Bonchev–Trinajstić information content (AvgIpc) is 2.86. The van der Waals surface area contributed by atoms with Gasteiger partial charge in [-0.2, -0.15) is 4.31 Å². The fourth-order valence-corrected chi connectivity index (χ4v) is 6.20. The Kier molecular flexibility index (Phi) is 7.18. The first-order valence-corrected chi connectivity index (χ1v) is 13.1. The van der Waals surface area contributed by atoms with Crippen LogP contribution in [0, 0.1) is 23.0 Å². The van der Waals surface area contributed by atoms with Crippen molar-refractivity contribution >= 4 is 33.0 Å². The number of nitrogens with one attached hydrogen (secondary N) is 1. The van der Waals surface area contributed by atoms with Gasteiger partial charge in [-0.25, -0.2) is 8.42 Å². The zero-order valence-electron chi connectivity index (χ0n) is 19.3. The van der Waals surface area contributed by atoms with Gasteiger partial charge in [0.15, 0.2) is 0 Å². The molecule has 2 aromatic carbocycles. The summed E-state index contributed by atoms with van der Waals surface area (Å²) in [6.07, 6.45) is 3.88. The van der Waals surface area contributed by atoms with Crippen molar-refractivity contribution in [2.75, 3.05) is 36.4 Å². The van der Waals surface area contributed by atoms with E-state index in [9.17, 15) is 23.3 Å². The van der Waals surface area contributed by atoms with E-state index in [0.717, 1.165) is 24.8 Å². The minimum Gasteiger partial charge on any atom is -0.366 e. The number of piperidine rings is 2. The maximum absolute atomic E-state index is 13.0. The molecule has 2 heterocycles. The summed E-state index contributed by atoms with van der Waals surface area (Å²) in [6.45, 7) is 3.95. The summed E-state index contributed by atoms with van der Waals surface area (Å²) < 4.78 is 27.6. The van der Waals surface area contributed by atoms with Crippen LogP contribution < -0.4 is 10.2 Å². The van der Waals surface area contributed by atoms with E-state index in [2.05, 4.69) is 5.32 Å². The number of amides is 1. The number of carbonyl (C=O) groups is 1. The summed E-state index contributed by atoms with van der Waals surface area (Å²) in [5, 5.41) is 14.3. The van der Waals surface area contributed by atoms with Crippen LogP contribution in [0.3, 0.4) is 0 Å². The number of nitro groups is 1. The molecule has 2 saturated heterocycles. The number of para-hydroxylation sites is 2. The Labute approximate surface area is 200 Å². The first kappa shape index (κ1) is 24.2. The van der Waals surface area contributed by atoms with Crippen LogP contribution in [0.1, 0.15) is 37.7 Å². The van der Waals surface area contributed by atoms with Gasteiger partial charge >= 0.3 is 0 Å². The van der Waals surface area contributed by atoms with Gasteiger partial charge in [-0.3, -0.25) is 14.9 Å². The van der Waals surface area contributed by atoms with Crippen LogP contribution in [-0.4, -0.2) is 49.7 Å². The second-order valence-electron chi connectivity index (χ2n) is 8.94. The van der Waals surface area contributed by atoms with Crippen molar-refractivity contribution in [1.29, 1.82) is 0 Å². The van der Waals surface area contributed by atoms with Gasteiger partial charge in [0, 0.05) is 43.9 Å².